The summed E-state index contributed by atoms with van der Waals surface area (Å²) in [4.78, 5) is 24.1. The van der Waals surface area contributed by atoms with Gasteiger partial charge in [-0.05, 0) is 30.0 Å². The van der Waals surface area contributed by atoms with Gasteiger partial charge < -0.3 is 14.6 Å². The number of hydrogen-bond acceptors (Lipinski definition) is 6. The minimum atomic E-state index is -1.24. The zero-order valence-corrected chi connectivity index (χ0v) is 14.5. The summed E-state index contributed by atoms with van der Waals surface area (Å²) < 4.78 is 5.25. The van der Waals surface area contributed by atoms with Gasteiger partial charge in [-0.3, -0.25) is 4.79 Å². The van der Waals surface area contributed by atoms with Crippen molar-refractivity contribution in [3.05, 3.63) is 52.2 Å². The number of hydrogen-bond donors (Lipinski definition) is 0. The summed E-state index contributed by atoms with van der Waals surface area (Å²) in [6, 6.07) is 11.2. The lowest BCUT2D eigenvalue weighted by molar-refractivity contribution is -0.305. The van der Waals surface area contributed by atoms with Crippen LogP contribution in [0.2, 0.25) is 0 Å². The number of hydrazone groups is 1. The van der Waals surface area contributed by atoms with Crippen LogP contribution in [0, 0.1) is 0 Å². The van der Waals surface area contributed by atoms with Crippen LogP contribution >= 0.6 is 11.3 Å². The molecule has 0 radical (unpaired) electrons. The fraction of sp³-hybridized carbons (Fsp3) is 0.278. The number of thiophene rings is 1. The molecule has 2 aromatic rings. The number of methoxy groups -OCH3 is 1. The Morgan fingerprint density at radius 2 is 2.16 bits per heavy atom. The van der Waals surface area contributed by atoms with Gasteiger partial charge in [-0.2, -0.15) is 5.10 Å². The summed E-state index contributed by atoms with van der Waals surface area (Å²) in [5, 5.41) is 18.5. The van der Waals surface area contributed by atoms with Crippen LogP contribution in [0.1, 0.15) is 35.7 Å². The Morgan fingerprint density at radius 1 is 1.32 bits per heavy atom. The van der Waals surface area contributed by atoms with Crippen molar-refractivity contribution in [1.82, 2.24) is 5.01 Å². The minimum Gasteiger partial charge on any atom is -0.550 e. The minimum absolute atomic E-state index is 0.126. The molecule has 1 aromatic carbocycles. The van der Waals surface area contributed by atoms with Gasteiger partial charge in [0.15, 0.2) is 0 Å². The van der Waals surface area contributed by atoms with Crippen LogP contribution in [0.25, 0.3) is 0 Å². The van der Waals surface area contributed by atoms with Gasteiger partial charge >= 0.3 is 0 Å². The van der Waals surface area contributed by atoms with Crippen LogP contribution in [0.3, 0.4) is 0 Å². The Labute approximate surface area is 149 Å². The number of amides is 1. The molecule has 1 aromatic heterocycles. The van der Waals surface area contributed by atoms with Gasteiger partial charge in [0.05, 0.1) is 18.9 Å². The van der Waals surface area contributed by atoms with Crippen molar-refractivity contribution >= 4 is 28.9 Å². The van der Waals surface area contributed by atoms with E-state index in [4.69, 9.17) is 4.74 Å². The number of carbonyl (C=O) groups excluding carboxylic acids is 2. The van der Waals surface area contributed by atoms with E-state index < -0.39 is 5.97 Å². The highest BCUT2D eigenvalue weighted by molar-refractivity contribution is 7.10. The van der Waals surface area contributed by atoms with Crippen LogP contribution < -0.4 is 9.84 Å². The summed E-state index contributed by atoms with van der Waals surface area (Å²) in [6.45, 7) is 0. The third-order valence-corrected chi connectivity index (χ3v) is 4.96. The van der Waals surface area contributed by atoms with Gasteiger partial charge in [-0.25, -0.2) is 5.01 Å². The smallest absolute Gasteiger partial charge is 0.243 e. The van der Waals surface area contributed by atoms with Crippen LogP contribution in [0.15, 0.2) is 46.9 Å². The first kappa shape index (κ1) is 17.2. The van der Waals surface area contributed by atoms with Crippen molar-refractivity contribution in [3.8, 4) is 5.75 Å². The lowest BCUT2D eigenvalue weighted by atomic mass is 10.0. The Hall–Kier alpha value is -2.67. The fourth-order valence-corrected chi connectivity index (χ4v) is 3.56. The average molecular weight is 357 g/mol. The zero-order valence-electron chi connectivity index (χ0n) is 13.7. The topological polar surface area (TPSA) is 82.0 Å². The van der Waals surface area contributed by atoms with Crippen molar-refractivity contribution in [2.75, 3.05) is 7.11 Å². The van der Waals surface area contributed by atoms with Crippen molar-refractivity contribution in [2.24, 2.45) is 5.10 Å². The molecule has 0 spiro atoms. The lowest BCUT2D eigenvalue weighted by Gasteiger charge is -2.20. The number of ether oxygens (including phenoxy) is 1. The highest BCUT2D eigenvalue weighted by atomic mass is 32.1. The molecule has 1 aliphatic heterocycles. The molecule has 1 aliphatic rings. The van der Waals surface area contributed by atoms with E-state index in [-0.39, 0.29) is 24.8 Å². The molecular weight excluding hydrogens is 340 g/mol. The largest absolute Gasteiger partial charge is 0.550 e. The Balaban J connectivity index is 1.88. The molecule has 3 rings (SSSR count). The highest BCUT2D eigenvalue weighted by Gasteiger charge is 2.33. The number of carboxylic acid groups (broad SMARTS) is 1. The van der Waals surface area contributed by atoms with Crippen LogP contribution in [0.4, 0.5) is 0 Å². The van der Waals surface area contributed by atoms with Gasteiger partial charge in [0.2, 0.25) is 5.91 Å². The van der Waals surface area contributed by atoms with E-state index in [0.29, 0.717) is 6.42 Å². The van der Waals surface area contributed by atoms with Crippen LogP contribution in [0.5, 0.6) is 5.75 Å². The summed E-state index contributed by atoms with van der Waals surface area (Å²) in [5.74, 6) is -0.840. The Morgan fingerprint density at radius 3 is 2.84 bits per heavy atom. The molecule has 0 aliphatic carbocycles. The Bertz CT molecular complexity index is 801. The maximum atomic E-state index is 12.5. The number of carbonyl (C=O) groups is 2. The molecule has 6 nitrogen and oxygen atoms in total. The number of carboxylic acids is 1. The standard InChI is InChI=1S/C18H18N2O4S/c1-24-13-5-2-4-12(10-13)14-11-15(16-6-3-9-25-16)20(19-14)17(21)7-8-18(22)23/h2-6,9-10,15H,7-8,11H2,1H3,(H,22,23)/p-1/t15-/m0/s1. The molecule has 0 saturated carbocycles. The summed E-state index contributed by atoms with van der Waals surface area (Å²) in [5.41, 5.74) is 1.66. The molecule has 0 saturated heterocycles. The van der Waals surface area contributed by atoms with Crippen molar-refractivity contribution < 1.29 is 19.4 Å². The molecule has 130 valence electrons. The molecule has 7 heteroatoms. The maximum Gasteiger partial charge on any atom is 0.243 e. The average Bonchev–Trinajstić information content (AvgIpc) is 3.28. The van der Waals surface area contributed by atoms with Crippen LogP contribution in [-0.4, -0.2) is 29.7 Å². The number of benzene rings is 1. The first-order valence-corrected chi connectivity index (χ1v) is 8.73. The van der Waals surface area contributed by atoms with Gasteiger partial charge in [0.1, 0.15) is 5.75 Å². The first-order chi connectivity index (χ1) is 12.1. The van der Waals surface area contributed by atoms with Gasteiger partial charge in [-0.1, -0.05) is 18.2 Å². The monoisotopic (exact) mass is 357 g/mol. The fourth-order valence-electron chi connectivity index (χ4n) is 2.74. The summed E-state index contributed by atoms with van der Waals surface area (Å²) >= 11 is 1.55. The summed E-state index contributed by atoms with van der Waals surface area (Å²) in [6.07, 6.45) is 0.139. The van der Waals surface area contributed by atoms with Crippen molar-refractivity contribution in [3.63, 3.8) is 0 Å². The van der Waals surface area contributed by atoms with E-state index in [1.807, 2.05) is 41.8 Å². The predicted molar refractivity (Wildman–Crippen MR) is 92.3 cm³/mol. The molecule has 0 unspecified atom stereocenters. The van der Waals surface area contributed by atoms with Gasteiger partial charge in [0, 0.05) is 29.3 Å². The van der Waals surface area contributed by atoms with Gasteiger partial charge in [-0.15, -0.1) is 11.3 Å². The van der Waals surface area contributed by atoms with Crippen molar-refractivity contribution in [2.45, 2.75) is 25.3 Å². The van der Waals surface area contributed by atoms with E-state index in [1.54, 1.807) is 18.4 Å². The normalized spacial score (nSPS) is 16.6. The number of aliphatic carboxylic acids is 1. The SMILES string of the molecule is COc1cccc(C2=NN(C(=O)CCC(=O)[O-])[C@H](c3cccs3)C2)c1. The second-order valence-corrected chi connectivity index (χ2v) is 6.60. The predicted octanol–water partition coefficient (Wildman–Crippen LogP) is 1.96. The second kappa shape index (κ2) is 7.48. The first-order valence-electron chi connectivity index (χ1n) is 7.85. The lowest BCUT2D eigenvalue weighted by Crippen LogP contribution is -2.29. The van der Waals surface area contributed by atoms with Crippen molar-refractivity contribution in [1.29, 1.82) is 0 Å². The molecule has 0 bridgehead atoms. The van der Waals surface area contributed by atoms with E-state index in [0.717, 1.165) is 21.9 Å². The van der Waals surface area contributed by atoms with Gasteiger partial charge in [0.25, 0.3) is 0 Å². The Kier molecular flexibility index (Phi) is 5.14. The van der Waals surface area contributed by atoms with E-state index in [9.17, 15) is 14.7 Å². The number of rotatable bonds is 6. The van der Waals surface area contributed by atoms with Crippen LogP contribution in [-0.2, 0) is 9.59 Å². The highest BCUT2D eigenvalue weighted by Crippen LogP contribution is 2.36. The second-order valence-electron chi connectivity index (χ2n) is 5.62. The van der Waals surface area contributed by atoms with E-state index in [1.165, 1.54) is 5.01 Å². The molecule has 2 heterocycles. The quantitative estimate of drug-likeness (QED) is 0.791. The molecule has 1 amide bonds. The molecule has 0 fully saturated rings. The number of nitrogens with zero attached hydrogens (tertiary/aromatic N) is 2. The van der Waals surface area contributed by atoms with E-state index >= 15 is 0 Å². The molecule has 25 heavy (non-hydrogen) atoms. The maximum absolute atomic E-state index is 12.5. The molecule has 1 atom stereocenters. The summed E-state index contributed by atoms with van der Waals surface area (Å²) in [7, 11) is 1.60. The van der Waals surface area contributed by atoms with E-state index in [2.05, 4.69) is 5.10 Å². The molecule has 0 N–H and O–H groups in total. The third-order valence-electron chi connectivity index (χ3n) is 3.98. The molecular formula is C18H17N2O4S-. The third kappa shape index (κ3) is 3.88. The zero-order chi connectivity index (χ0) is 17.8.